The summed E-state index contributed by atoms with van der Waals surface area (Å²) in [6, 6.07) is 4.26. The average Bonchev–Trinajstić information content (AvgIpc) is 3.19. The van der Waals surface area contributed by atoms with Crippen LogP contribution < -0.4 is 11.1 Å². The summed E-state index contributed by atoms with van der Waals surface area (Å²) in [5.41, 5.74) is 8.67. The lowest BCUT2D eigenvalue weighted by Crippen LogP contribution is -2.14. The van der Waals surface area contributed by atoms with Gasteiger partial charge in [0.25, 0.3) is 0 Å². The Morgan fingerprint density at radius 2 is 2.55 bits per heavy atom. The van der Waals surface area contributed by atoms with Crippen LogP contribution in [0.4, 0.5) is 0 Å². The normalized spacial score (nSPS) is 20.0. The maximum atomic E-state index is 5.71. The molecule has 2 atom stereocenters. The lowest BCUT2D eigenvalue weighted by molar-refractivity contribution is 0.489. The first kappa shape index (κ1) is 15.9. The number of halogens is 1. The second kappa shape index (κ2) is 7.53. The van der Waals surface area contributed by atoms with Crippen LogP contribution in [0.5, 0.6) is 0 Å². The highest BCUT2D eigenvalue weighted by molar-refractivity contribution is 14.2. The van der Waals surface area contributed by atoms with Gasteiger partial charge in [-0.05, 0) is 59.6 Å². The number of pyridine rings is 1. The molecule has 1 fully saturated rings. The van der Waals surface area contributed by atoms with Gasteiger partial charge in [-0.1, -0.05) is 0 Å². The van der Waals surface area contributed by atoms with Crippen LogP contribution in [0.1, 0.15) is 12.0 Å². The molecule has 2 aromatic heterocycles. The standard InChI is InChI=1S/C15H19IN5P/c16-22-20-9-14(6-17)13-5-12-2-4-21(15(12)19-8-13)10-11-1-3-18-7-11/h2,4-6,8-9,11,18,22H,1,3,7,10,17H2. The molecule has 0 aliphatic carbocycles. The van der Waals surface area contributed by atoms with Crippen LogP contribution in [0.2, 0.25) is 0 Å². The van der Waals surface area contributed by atoms with Gasteiger partial charge < -0.3 is 15.6 Å². The van der Waals surface area contributed by atoms with E-state index in [-0.39, 0.29) is 0 Å². The van der Waals surface area contributed by atoms with E-state index in [9.17, 15) is 0 Å². The van der Waals surface area contributed by atoms with Crippen LogP contribution >= 0.6 is 28.4 Å². The molecule has 0 saturated carbocycles. The summed E-state index contributed by atoms with van der Waals surface area (Å²) >= 11 is 2.24. The van der Waals surface area contributed by atoms with Crippen LogP contribution in [0.15, 0.2) is 35.5 Å². The van der Waals surface area contributed by atoms with Crippen molar-refractivity contribution in [2.24, 2.45) is 16.4 Å². The number of fused-ring (bicyclic) bond motifs is 1. The molecule has 22 heavy (non-hydrogen) atoms. The molecule has 1 aliphatic rings. The molecule has 0 bridgehead atoms. The van der Waals surface area contributed by atoms with Gasteiger partial charge in [0, 0.05) is 47.9 Å². The van der Waals surface area contributed by atoms with Crippen molar-refractivity contribution in [1.29, 1.82) is 0 Å². The van der Waals surface area contributed by atoms with Gasteiger partial charge in [0.15, 0.2) is 0 Å². The number of hydrogen-bond donors (Lipinski definition) is 2. The SMILES string of the molecule is NC=C(C=NPI)c1cnc2c(ccn2CC2CCNC2)c1. The topological polar surface area (TPSA) is 68.2 Å². The first-order valence-electron chi connectivity index (χ1n) is 7.28. The third-order valence-electron chi connectivity index (χ3n) is 3.98. The molecule has 116 valence electrons. The second-order valence-electron chi connectivity index (χ2n) is 5.43. The van der Waals surface area contributed by atoms with Crippen molar-refractivity contribution in [3.8, 4) is 0 Å². The van der Waals surface area contributed by atoms with Gasteiger partial charge >= 0.3 is 0 Å². The van der Waals surface area contributed by atoms with Gasteiger partial charge in [-0.2, -0.15) is 0 Å². The number of rotatable bonds is 5. The maximum Gasteiger partial charge on any atom is 0.139 e. The highest BCUT2D eigenvalue weighted by Gasteiger charge is 2.16. The van der Waals surface area contributed by atoms with Crippen molar-refractivity contribution in [2.45, 2.75) is 13.0 Å². The Hall–Kier alpha value is -0.980. The van der Waals surface area contributed by atoms with E-state index in [1.54, 1.807) is 6.20 Å². The van der Waals surface area contributed by atoms with Gasteiger partial charge in [0.05, 0.1) is 6.37 Å². The average molecular weight is 427 g/mol. The molecular weight excluding hydrogens is 408 g/mol. The third-order valence-corrected chi connectivity index (χ3v) is 5.05. The zero-order valence-corrected chi connectivity index (χ0v) is 15.3. The quantitative estimate of drug-likeness (QED) is 0.438. The van der Waals surface area contributed by atoms with Gasteiger partial charge in [0.2, 0.25) is 0 Å². The van der Waals surface area contributed by atoms with Gasteiger partial charge in [0.1, 0.15) is 5.65 Å². The number of allylic oxidation sites excluding steroid dienone is 1. The summed E-state index contributed by atoms with van der Waals surface area (Å²) in [6.07, 6.45) is 9.16. The van der Waals surface area contributed by atoms with Crippen molar-refractivity contribution in [2.75, 3.05) is 13.1 Å². The maximum absolute atomic E-state index is 5.71. The molecule has 0 amide bonds. The van der Waals surface area contributed by atoms with Gasteiger partial charge in [-0.15, -0.1) is 0 Å². The fourth-order valence-corrected chi connectivity index (χ4v) is 3.45. The summed E-state index contributed by atoms with van der Waals surface area (Å²) < 4.78 is 6.53. The van der Waals surface area contributed by atoms with Crippen LogP contribution in [-0.4, -0.2) is 28.9 Å². The molecule has 5 nitrogen and oxygen atoms in total. The number of nitrogens with one attached hydrogen (secondary N) is 1. The lowest BCUT2D eigenvalue weighted by Gasteiger charge is -2.10. The molecule has 2 unspecified atom stereocenters. The van der Waals surface area contributed by atoms with E-state index in [1.807, 2.05) is 12.4 Å². The molecule has 1 aliphatic heterocycles. The van der Waals surface area contributed by atoms with E-state index < -0.39 is 0 Å². The van der Waals surface area contributed by atoms with E-state index in [0.717, 1.165) is 41.8 Å². The third kappa shape index (κ3) is 3.50. The van der Waals surface area contributed by atoms with Gasteiger partial charge in [-0.25, -0.2) is 4.98 Å². The van der Waals surface area contributed by atoms with E-state index in [0.29, 0.717) is 12.3 Å². The fraction of sp³-hybridized carbons (Fsp3) is 0.333. The number of aromatic nitrogens is 2. The number of hydrogen-bond acceptors (Lipinski definition) is 4. The van der Waals surface area contributed by atoms with E-state index in [4.69, 9.17) is 5.73 Å². The van der Waals surface area contributed by atoms with Crippen LogP contribution in [-0.2, 0) is 6.54 Å². The summed E-state index contributed by atoms with van der Waals surface area (Å²) in [6.45, 7) is 3.26. The molecular formula is C15H19IN5P. The van der Waals surface area contributed by atoms with Crippen LogP contribution in [0, 0.1) is 5.92 Å². The van der Waals surface area contributed by atoms with Crippen molar-refractivity contribution < 1.29 is 0 Å². The predicted molar refractivity (Wildman–Crippen MR) is 104 cm³/mol. The minimum absolute atomic E-state index is 0.499. The lowest BCUT2D eigenvalue weighted by atomic mass is 10.1. The molecule has 0 spiro atoms. The minimum Gasteiger partial charge on any atom is -0.404 e. The molecule has 3 rings (SSSR count). The Balaban J connectivity index is 1.86. The summed E-state index contributed by atoms with van der Waals surface area (Å²) in [5, 5.41) is 4.56. The van der Waals surface area contributed by atoms with Crippen LogP contribution in [0.25, 0.3) is 16.6 Å². The summed E-state index contributed by atoms with van der Waals surface area (Å²) in [5.74, 6) is 0.702. The molecule has 3 N–H and O–H groups in total. The van der Waals surface area contributed by atoms with Crippen molar-refractivity contribution >= 4 is 51.2 Å². The first-order valence-corrected chi connectivity index (χ1v) is 11.3. The molecule has 0 aromatic carbocycles. The Bertz CT molecular complexity index is 703. The molecule has 1 saturated heterocycles. The van der Waals surface area contributed by atoms with Gasteiger partial charge in [-0.3, -0.25) is 4.76 Å². The molecule has 7 heteroatoms. The zero-order valence-electron chi connectivity index (χ0n) is 12.2. The smallest absolute Gasteiger partial charge is 0.139 e. The molecule has 2 aromatic rings. The largest absolute Gasteiger partial charge is 0.404 e. The van der Waals surface area contributed by atoms with Crippen molar-refractivity contribution in [3.05, 3.63) is 36.3 Å². The highest BCUT2D eigenvalue weighted by Crippen LogP contribution is 2.24. The zero-order chi connectivity index (χ0) is 15.4. The Morgan fingerprint density at radius 3 is 3.27 bits per heavy atom. The van der Waals surface area contributed by atoms with E-state index in [2.05, 4.69) is 60.0 Å². The van der Waals surface area contributed by atoms with Crippen LogP contribution in [0.3, 0.4) is 0 Å². The van der Waals surface area contributed by atoms with Crippen molar-refractivity contribution in [1.82, 2.24) is 14.9 Å². The Labute approximate surface area is 144 Å². The highest BCUT2D eigenvalue weighted by atomic mass is 127. The fourth-order valence-electron chi connectivity index (χ4n) is 2.84. The molecule has 0 radical (unpaired) electrons. The Kier molecular flexibility index (Phi) is 5.44. The monoisotopic (exact) mass is 427 g/mol. The number of nitrogens with two attached hydrogens (primary N) is 1. The second-order valence-corrected chi connectivity index (χ2v) is 7.30. The predicted octanol–water partition coefficient (Wildman–Crippen LogP) is 2.96. The number of nitrogens with zero attached hydrogens (tertiary/aromatic N) is 3. The van der Waals surface area contributed by atoms with E-state index >= 15 is 0 Å². The van der Waals surface area contributed by atoms with E-state index in [1.165, 1.54) is 6.42 Å². The summed E-state index contributed by atoms with van der Waals surface area (Å²) in [7, 11) is 0. The molecule has 3 heterocycles. The summed E-state index contributed by atoms with van der Waals surface area (Å²) in [4.78, 5) is 4.64. The minimum atomic E-state index is 0.499. The Morgan fingerprint density at radius 1 is 1.64 bits per heavy atom. The first-order chi connectivity index (χ1) is 10.8. The van der Waals surface area contributed by atoms with Crippen molar-refractivity contribution in [3.63, 3.8) is 0 Å².